The molecule has 3 aromatic carbocycles. The Morgan fingerprint density at radius 2 is 1.75 bits per heavy atom. The Balaban J connectivity index is 1.32. The molecule has 1 atom stereocenters. The molecule has 4 aromatic rings. The fraction of sp³-hybridized carbons (Fsp3) is 0.310. The van der Waals surface area contributed by atoms with Crippen LogP contribution in [0.5, 0.6) is 11.5 Å². The molecule has 32 heavy (non-hydrogen) atoms. The number of nitrogens with zero attached hydrogens (tertiary/aromatic N) is 2. The summed E-state index contributed by atoms with van der Waals surface area (Å²) in [6.07, 6.45) is 4.94. The van der Waals surface area contributed by atoms with Gasteiger partial charge in [-0.3, -0.25) is 4.90 Å². The van der Waals surface area contributed by atoms with Gasteiger partial charge in [0.1, 0.15) is 11.5 Å². The number of rotatable bonds is 4. The Bertz CT molecular complexity index is 1250. The van der Waals surface area contributed by atoms with Crippen molar-refractivity contribution in [3.63, 3.8) is 0 Å². The average Bonchev–Trinajstić information content (AvgIpc) is 3.00. The molecular formula is C29H30N2O. The van der Waals surface area contributed by atoms with Crippen molar-refractivity contribution in [2.45, 2.75) is 51.7 Å². The van der Waals surface area contributed by atoms with Gasteiger partial charge >= 0.3 is 0 Å². The molecule has 2 aliphatic rings. The van der Waals surface area contributed by atoms with Crippen LogP contribution in [0.25, 0.3) is 10.9 Å². The molecule has 162 valence electrons. The van der Waals surface area contributed by atoms with Crippen molar-refractivity contribution < 1.29 is 4.74 Å². The molecule has 2 heterocycles. The third-order valence-corrected chi connectivity index (χ3v) is 7.12. The van der Waals surface area contributed by atoms with Crippen LogP contribution in [0.4, 0.5) is 0 Å². The zero-order chi connectivity index (χ0) is 21.5. The van der Waals surface area contributed by atoms with Gasteiger partial charge in [-0.25, -0.2) is 0 Å². The van der Waals surface area contributed by atoms with Crippen molar-refractivity contribution in [1.82, 2.24) is 9.47 Å². The number of fused-ring (bicyclic) bond motifs is 3. The standard InChI is InChI=1S/C29H30N2O/c1-21-14-15-27-26(18-21)25-12-6-13-28-29(25)31(27)17-7-16-30(28)20-22-8-5-11-24(19-22)32-23-9-3-2-4-10-23/h2-5,8-11,14-15,18-19,28H,6-7,12-13,16-17,20H2,1H3. The summed E-state index contributed by atoms with van der Waals surface area (Å²) in [5.41, 5.74) is 7.32. The Labute approximate surface area is 190 Å². The van der Waals surface area contributed by atoms with Gasteiger partial charge in [0.25, 0.3) is 0 Å². The summed E-state index contributed by atoms with van der Waals surface area (Å²) in [5, 5.41) is 1.49. The number of hydrogen-bond donors (Lipinski definition) is 0. The average molecular weight is 423 g/mol. The molecule has 0 saturated carbocycles. The summed E-state index contributed by atoms with van der Waals surface area (Å²) in [5.74, 6) is 1.80. The first-order chi connectivity index (χ1) is 15.8. The fourth-order valence-corrected chi connectivity index (χ4v) is 5.75. The first kappa shape index (κ1) is 19.6. The van der Waals surface area contributed by atoms with Crippen LogP contribution >= 0.6 is 0 Å². The van der Waals surface area contributed by atoms with E-state index in [2.05, 4.69) is 58.9 Å². The monoisotopic (exact) mass is 422 g/mol. The minimum absolute atomic E-state index is 0.507. The molecule has 0 fully saturated rings. The van der Waals surface area contributed by atoms with E-state index in [1.54, 1.807) is 11.3 Å². The Morgan fingerprint density at radius 1 is 0.875 bits per heavy atom. The zero-order valence-corrected chi connectivity index (χ0v) is 18.8. The second-order valence-electron chi connectivity index (χ2n) is 9.33. The number of aryl methyl sites for hydroxylation is 3. The molecule has 0 bridgehead atoms. The zero-order valence-electron chi connectivity index (χ0n) is 18.8. The second-order valence-corrected chi connectivity index (χ2v) is 9.33. The molecule has 3 heteroatoms. The number of ether oxygens (including phenoxy) is 1. The van der Waals surface area contributed by atoms with Crippen LogP contribution in [0, 0.1) is 6.92 Å². The largest absolute Gasteiger partial charge is 0.457 e. The minimum Gasteiger partial charge on any atom is -0.457 e. The van der Waals surface area contributed by atoms with Gasteiger partial charge in [-0.1, -0.05) is 42.0 Å². The van der Waals surface area contributed by atoms with Crippen molar-refractivity contribution in [3.8, 4) is 11.5 Å². The maximum absolute atomic E-state index is 6.10. The highest BCUT2D eigenvalue weighted by Gasteiger charge is 2.33. The van der Waals surface area contributed by atoms with Gasteiger partial charge in [0.15, 0.2) is 0 Å². The molecule has 0 amide bonds. The predicted octanol–water partition coefficient (Wildman–Crippen LogP) is 7.03. The topological polar surface area (TPSA) is 17.4 Å². The maximum atomic E-state index is 6.10. The van der Waals surface area contributed by atoms with Crippen LogP contribution in [0.1, 0.15) is 47.7 Å². The lowest BCUT2D eigenvalue weighted by Crippen LogP contribution is -2.31. The van der Waals surface area contributed by atoms with Crippen LogP contribution < -0.4 is 4.74 Å². The molecule has 6 rings (SSSR count). The summed E-state index contributed by atoms with van der Waals surface area (Å²) in [4.78, 5) is 2.72. The lowest BCUT2D eigenvalue weighted by molar-refractivity contribution is 0.173. The molecule has 1 unspecified atom stereocenters. The van der Waals surface area contributed by atoms with E-state index in [4.69, 9.17) is 4.74 Å². The van der Waals surface area contributed by atoms with Crippen molar-refractivity contribution >= 4 is 10.9 Å². The van der Waals surface area contributed by atoms with Crippen molar-refractivity contribution in [3.05, 3.63) is 95.2 Å². The smallest absolute Gasteiger partial charge is 0.127 e. The molecule has 0 saturated heterocycles. The third kappa shape index (κ3) is 3.51. The summed E-state index contributed by atoms with van der Waals surface area (Å²) >= 11 is 0. The van der Waals surface area contributed by atoms with Gasteiger partial charge in [0, 0.05) is 36.2 Å². The van der Waals surface area contributed by atoms with Crippen molar-refractivity contribution in [2.75, 3.05) is 6.54 Å². The number of hydrogen-bond acceptors (Lipinski definition) is 2. The molecule has 0 spiro atoms. The van der Waals surface area contributed by atoms with Crippen LogP contribution in [0.3, 0.4) is 0 Å². The first-order valence-electron chi connectivity index (χ1n) is 11.9. The van der Waals surface area contributed by atoms with E-state index in [0.29, 0.717) is 6.04 Å². The van der Waals surface area contributed by atoms with Gasteiger partial charge < -0.3 is 9.30 Å². The van der Waals surface area contributed by atoms with Crippen molar-refractivity contribution in [2.24, 2.45) is 0 Å². The molecule has 1 aliphatic heterocycles. The summed E-state index contributed by atoms with van der Waals surface area (Å²) in [7, 11) is 0. The quantitative estimate of drug-likeness (QED) is 0.351. The highest BCUT2D eigenvalue weighted by molar-refractivity contribution is 5.87. The summed E-state index contributed by atoms with van der Waals surface area (Å²) < 4.78 is 8.74. The van der Waals surface area contributed by atoms with E-state index >= 15 is 0 Å². The fourth-order valence-electron chi connectivity index (χ4n) is 5.75. The minimum atomic E-state index is 0.507. The van der Waals surface area contributed by atoms with Crippen molar-refractivity contribution in [1.29, 1.82) is 0 Å². The van der Waals surface area contributed by atoms with Gasteiger partial charge in [0.05, 0.1) is 6.04 Å². The third-order valence-electron chi connectivity index (χ3n) is 7.12. The van der Waals surface area contributed by atoms with E-state index in [0.717, 1.165) is 31.1 Å². The number of aromatic nitrogens is 1. The molecule has 1 aliphatic carbocycles. The number of para-hydroxylation sites is 1. The van der Waals surface area contributed by atoms with E-state index in [1.807, 2.05) is 30.3 Å². The second kappa shape index (κ2) is 8.14. The van der Waals surface area contributed by atoms with Gasteiger partial charge in [-0.2, -0.15) is 0 Å². The van der Waals surface area contributed by atoms with E-state index in [9.17, 15) is 0 Å². The van der Waals surface area contributed by atoms with E-state index < -0.39 is 0 Å². The Morgan fingerprint density at radius 3 is 2.66 bits per heavy atom. The highest BCUT2D eigenvalue weighted by atomic mass is 16.5. The normalized spacial score (nSPS) is 18.3. The van der Waals surface area contributed by atoms with E-state index in [-0.39, 0.29) is 0 Å². The van der Waals surface area contributed by atoms with Crippen LogP contribution in [0.15, 0.2) is 72.8 Å². The number of benzene rings is 3. The van der Waals surface area contributed by atoms with Crippen LogP contribution in [-0.4, -0.2) is 16.0 Å². The molecule has 3 nitrogen and oxygen atoms in total. The summed E-state index contributed by atoms with van der Waals surface area (Å²) in [6, 6.07) is 26.2. The Hall–Kier alpha value is -3.04. The maximum Gasteiger partial charge on any atom is 0.127 e. The summed E-state index contributed by atoms with van der Waals surface area (Å²) in [6.45, 7) is 5.45. The first-order valence-corrected chi connectivity index (χ1v) is 11.9. The van der Waals surface area contributed by atoms with Gasteiger partial charge in [0.2, 0.25) is 0 Å². The molecule has 1 aromatic heterocycles. The predicted molar refractivity (Wildman–Crippen MR) is 130 cm³/mol. The lowest BCUT2D eigenvalue weighted by atomic mass is 9.90. The van der Waals surface area contributed by atoms with Gasteiger partial charge in [-0.05, 0) is 80.1 Å². The molecule has 0 radical (unpaired) electrons. The lowest BCUT2D eigenvalue weighted by Gasteiger charge is -2.33. The van der Waals surface area contributed by atoms with Crippen LogP contribution in [0.2, 0.25) is 0 Å². The molecular weight excluding hydrogens is 392 g/mol. The Kier molecular flexibility index (Phi) is 4.99. The highest BCUT2D eigenvalue weighted by Crippen LogP contribution is 2.42. The van der Waals surface area contributed by atoms with Crippen LogP contribution in [-0.2, 0) is 19.5 Å². The molecule has 0 N–H and O–H groups in total. The SMILES string of the molecule is Cc1ccc2c(c1)c1c3n2CCCN(Cc2cccc(Oc4ccccc4)c2)C3CCC1. The van der Waals surface area contributed by atoms with Gasteiger partial charge in [-0.15, -0.1) is 0 Å². The van der Waals surface area contributed by atoms with E-state index in [1.165, 1.54) is 47.7 Å².